The number of aryl methyl sites for hydroxylation is 1. The number of methoxy groups -OCH3 is 2. The first kappa shape index (κ1) is 28.3. The lowest BCUT2D eigenvalue weighted by Gasteiger charge is -2.33. The summed E-state index contributed by atoms with van der Waals surface area (Å²) in [6, 6.07) is 4.57. The van der Waals surface area contributed by atoms with Crippen LogP contribution in [0.25, 0.3) is 10.9 Å². The molecule has 0 unspecified atom stereocenters. The van der Waals surface area contributed by atoms with E-state index >= 15 is 0 Å². The number of aromatic nitrogens is 2. The van der Waals surface area contributed by atoms with Gasteiger partial charge in [0.25, 0.3) is 0 Å². The Hall–Kier alpha value is -3.67. The summed E-state index contributed by atoms with van der Waals surface area (Å²) in [6.07, 6.45) is -3.48. The molecule has 210 valence electrons. The molecule has 1 aliphatic rings. The molecule has 0 aliphatic carbocycles. The molecule has 1 atom stereocenters. The van der Waals surface area contributed by atoms with Crippen molar-refractivity contribution >= 4 is 28.3 Å². The second kappa shape index (κ2) is 11.2. The fourth-order valence-electron chi connectivity index (χ4n) is 5.02. The fourth-order valence-corrected chi connectivity index (χ4v) is 5.02. The van der Waals surface area contributed by atoms with Crippen LogP contribution in [0.5, 0.6) is 5.75 Å². The second-order valence-corrected chi connectivity index (χ2v) is 9.65. The summed E-state index contributed by atoms with van der Waals surface area (Å²) < 4.78 is 65.7. The fraction of sp³-hybridized carbons (Fsp3) is 0.444. The van der Waals surface area contributed by atoms with Crippen LogP contribution in [0.1, 0.15) is 54.2 Å². The van der Waals surface area contributed by atoms with Crippen molar-refractivity contribution in [2.45, 2.75) is 44.8 Å². The van der Waals surface area contributed by atoms with E-state index in [1.165, 1.54) is 13.2 Å². The van der Waals surface area contributed by atoms with Crippen LogP contribution in [-0.2, 0) is 15.7 Å². The minimum absolute atomic E-state index is 0.0337. The summed E-state index contributed by atoms with van der Waals surface area (Å²) in [5, 5.41) is 3.68. The minimum atomic E-state index is -4.89. The number of nitrogens with two attached hydrogens (primary N) is 1. The molecular formula is C27H31F4N5O3. The summed E-state index contributed by atoms with van der Waals surface area (Å²) in [4.78, 5) is 23.0. The molecular weight excluding hydrogens is 518 g/mol. The molecule has 39 heavy (non-hydrogen) atoms. The van der Waals surface area contributed by atoms with E-state index < -0.39 is 23.6 Å². The van der Waals surface area contributed by atoms with Crippen molar-refractivity contribution in [2.75, 3.05) is 45.0 Å². The predicted molar refractivity (Wildman–Crippen MR) is 139 cm³/mol. The van der Waals surface area contributed by atoms with E-state index in [2.05, 4.69) is 15.3 Å². The average Bonchev–Trinajstić information content (AvgIpc) is 2.88. The Bertz CT molecular complexity index is 1370. The quantitative estimate of drug-likeness (QED) is 0.308. The number of alkyl halides is 3. The second-order valence-electron chi connectivity index (χ2n) is 9.65. The van der Waals surface area contributed by atoms with E-state index in [1.54, 1.807) is 31.9 Å². The monoisotopic (exact) mass is 549 g/mol. The lowest BCUT2D eigenvalue weighted by atomic mass is 9.88. The highest BCUT2D eigenvalue weighted by molar-refractivity contribution is 5.91. The first-order valence-electron chi connectivity index (χ1n) is 12.5. The number of fused-ring (bicyclic) bond motifs is 1. The first-order valence-corrected chi connectivity index (χ1v) is 12.5. The van der Waals surface area contributed by atoms with Gasteiger partial charge in [-0.2, -0.15) is 13.2 Å². The number of amides is 1. The number of ether oxygens (including phenoxy) is 2. The van der Waals surface area contributed by atoms with Gasteiger partial charge in [-0.3, -0.25) is 4.79 Å². The summed E-state index contributed by atoms with van der Waals surface area (Å²) in [6.45, 7) is 4.39. The number of carbonyl (C=O) groups excluding carboxylic acids is 1. The van der Waals surface area contributed by atoms with Gasteiger partial charge in [-0.1, -0.05) is 0 Å². The summed E-state index contributed by atoms with van der Waals surface area (Å²) in [5.74, 6) is 0.0383. The Balaban J connectivity index is 1.69. The maximum Gasteiger partial charge on any atom is 0.419 e. The maximum atomic E-state index is 14.9. The molecule has 3 N–H and O–H groups in total. The Labute approximate surface area is 223 Å². The number of anilines is 2. The van der Waals surface area contributed by atoms with E-state index in [4.69, 9.17) is 15.2 Å². The number of nitrogen functional groups attached to an aromatic ring is 1. The average molecular weight is 550 g/mol. The SMILES string of the molecule is COCC(=O)N1CCC(c2cc3c(N[C@H](C)c4cc(N)cc(C(F)(F)F)c4F)nc(C)nc3cc2OC)CC1. The standard InChI is InChI=1S/C27H31F4N5O3/c1-14(18-9-17(32)10-21(25(18)28)27(29,30)31)33-26-20-11-19(23(39-4)12-22(20)34-15(2)35-26)16-5-7-36(8-6-16)24(37)13-38-3/h9-12,14,16H,5-8,13,32H2,1-4H3,(H,33,34,35)/t14-/m1/s1. The van der Waals surface area contributed by atoms with Gasteiger partial charge >= 0.3 is 6.18 Å². The lowest BCUT2D eigenvalue weighted by molar-refractivity contribution is -0.140. The number of nitrogens with zero attached hydrogens (tertiary/aromatic N) is 3. The molecule has 1 amide bonds. The molecule has 0 bridgehead atoms. The highest BCUT2D eigenvalue weighted by Gasteiger charge is 2.36. The Morgan fingerprint density at radius 1 is 1.18 bits per heavy atom. The van der Waals surface area contributed by atoms with Gasteiger partial charge in [0.05, 0.1) is 24.2 Å². The number of hydrogen-bond acceptors (Lipinski definition) is 7. The van der Waals surface area contributed by atoms with Gasteiger partial charge in [-0.05, 0) is 56.4 Å². The van der Waals surface area contributed by atoms with Crippen LogP contribution >= 0.6 is 0 Å². The van der Waals surface area contributed by atoms with Crippen LogP contribution in [0.2, 0.25) is 0 Å². The van der Waals surface area contributed by atoms with Crippen LogP contribution in [0.3, 0.4) is 0 Å². The number of halogens is 4. The molecule has 0 saturated carbocycles. The van der Waals surface area contributed by atoms with Crippen molar-refractivity contribution < 1.29 is 31.8 Å². The molecule has 1 aliphatic heterocycles. The van der Waals surface area contributed by atoms with Gasteiger partial charge in [0.1, 0.15) is 29.8 Å². The maximum absolute atomic E-state index is 14.9. The third-order valence-electron chi connectivity index (χ3n) is 6.96. The van der Waals surface area contributed by atoms with Crippen LogP contribution < -0.4 is 15.8 Å². The van der Waals surface area contributed by atoms with E-state index in [1.807, 2.05) is 6.07 Å². The molecule has 1 aromatic heterocycles. The summed E-state index contributed by atoms with van der Waals surface area (Å²) in [7, 11) is 3.05. The number of benzene rings is 2. The summed E-state index contributed by atoms with van der Waals surface area (Å²) >= 11 is 0. The van der Waals surface area contributed by atoms with Crippen LogP contribution in [-0.4, -0.2) is 54.7 Å². The van der Waals surface area contributed by atoms with Gasteiger partial charge < -0.3 is 25.4 Å². The zero-order valence-corrected chi connectivity index (χ0v) is 22.2. The number of carbonyl (C=O) groups is 1. The third-order valence-corrected chi connectivity index (χ3v) is 6.96. The summed E-state index contributed by atoms with van der Waals surface area (Å²) in [5.41, 5.74) is 5.31. The molecule has 0 radical (unpaired) electrons. The zero-order valence-electron chi connectivity index (χ0n) is 22.2. The Morgan fingerprint density at radius 3 is 2.49 bits per heavy atom. The largest absolute Gasteiger partial charge is 0.496 e. The van der Waals surface area contributed by atoms with Gasteiger partial charge in [-0.25, -0.2) is 14.4 Å². The smallest absolute Gasteiger partial charge is 0.419 e. The Kier molecular flexibility index (Phi) is 8.15. The Morgan fingerprint density at radius 2 is 1.87 bits per heavy atom. The van der Waals surface area contributed by atoms with E-state index in [-0.39, 0.29) is 29.7 Å². The zero-order chi connectivity index (χ0) is 28.5. The minimum Gasteiger partial charge on any atom is -0.496 e. The van der Waals surface area contributed by atoms with Gasteiger partial charge in [-0.15, -0.1) is 0 Å². The first-order chi connectivity index (χ1) is 18.4. The predicted octanol–water partition coefficient (Wildman–Crippen LogP) is 5.21. The highest BCUT2D eigenvalue weighted by atomic mass is 19.4. The molecule has 0 spiro atoms. The van der Waals surface area contributed by atoms with Crippen molar-refractivity contribution in [1.82, 2.24) is 14.9 Å². The molecule has 4 rings (SSSR count). The highest BCUT2D eigenvalue weighted by Crippen LogP contribution is 2.40. The lowest BCUT2D eigenvalue weighted by Crippen LogP contribution is -2.39. The van der Waals surface area contributed by atoms with E-state index in [0.29, 0.717) is 60.3 Å². The molecule has 1 saturated heterocycles. The van der Waals surface area contributed by atoms with Crippen LogP contribution in [0.4, 0.5) is 29.1 Å². The third kappa shape index (κ3) is 6.00. The normalized spacial score (nSPS) is 15.4. The van der Waals surface area contributed by atoms with Crippen LogP contribution in [0.15, 0.2) is 24.3 Å². The number of likely N-dealkylation sites (tertiary alicyclic amines) is 1. The molecule has 3 aromatic rings. The van der Waals surface area contributed by atoms with Gasteiger partial charge in [0.15, 0.2) is 0 Å². The number of hydrogen-bond donors (Lipinski definition) is 2. The topological polar surface area (TPSA) is 103 Å². The molecule has 1 fully saturated rings. The van der Waals surface area contributed by atoms with Crippen molar-refractivity contribution in [3.8, 4) is 5.75 Å². The van der Waals surface area contributed by atoms with E-state index in [0.717, 1.165) is 5.56 Å². The van der Waals surface area contributed by atoms with Crippen molar-refractivity contribution in [3.05, 3.63) is 52.6 Å². The van der Waals surface area contributed by atoms with Crippen molar-refractivity contribution in [2.24, 2.45) is 0 Å². The van der Waals surface area contributed by atoms with Gasteiger partial charge in [0, 0.05) is 42.9 Å². The molecule has 2 heterocycles. The number of rotatable bonds is 7. The van der Waals surface area contributed by atoms with Crippen molar-refractivity contribution in [1.29, 1.82) is 0 Å². The molecule has 2 aromatic carbocycles. The molecule has 8 nitrogen and oxygen atoms in total. The van der Waals surface area contributed by atoms with Crippen LogP contribution in [0, 0.1) is 12.7 Å². The molecule has 12 heteroatoms. The van der Waals surface area contributed by atoms with Crippen molar-refractivity contribution in [3.63, 3.8) is 0 Å². The number of piperidine rings is 1. The van der Waals surface area contributed by atoms with Gasteiger partial charge in [0.2, 0.25) is 5.91 Å². The van der Waals surface area contributed by atoms with E-state index in [9.17, 15) is 22.4 Å². The number of nitrogens with one attached hydrogen (secondary N) is 1.